The molecule has 103 heavy (non-hydrogen) atoms. The maximum atomic E-state index is 12.9. The van der Waals surface area contributed by atoms with E-state index in [-0.39, 0.29) is 70.3 Å². The number of carbonyl (C=O) groups is 5. The smallest absolute Gasteiger partial charge is 0.407 e. The minimum absolute atomic E-state index is 0.131. The van der Waals surface area contributed by atoms with Gasteiger partial charge in [0, 0.05) is 19.6 Å². The number of rotatable bonds is 36. The first-order chi connectivity index (χ1) is 50.4. The van der Waals surface area contributed by atoms with Crippen LogP contribution in [0.4, 0.5) is 14.4 Å². The molecule has 2 saturated carbocycles. The summed E-state index contributed by atoms with van der Waals surface area (Å²) in [6.07, 6.45) is 16.5. The van der Waals surface area contributed by atoms with Crippen molar-refractivity contribution in [3.63, 3.8) is 0 Å². The molecule has 16 nitrogen and oxygen atoms in total. The molecular weight excluding hydrogens is 1290 g/mol. The first kappa shape index (κ1) is 76.5. The van der Waals surface area contributed by atoms with Crippen LogP contribution in [-0.4, -0.2) is 74.3 Å². The summed E-state index contributed by atoms with van der Waals surface area (Å²) in [6, 6.07) is 60.7. The van der Waals surface area contributed by atoms with Crippen LogP contribution >= 0.6 is 0 Å². The Morgan fingerprint density at radius 2 is 0.777 bits per heavy atom. The van der Waals surface area contributed by atoms with E-state index in [0.29, 0.717) is 67.0 Å². The summed E-state index contributed by atoms with van der Waals surface area (Å²) in [5.41, 5.74) is 9.61. The summed E-state index contributed by atoms with van der Waals surface area (Å²) in [5.74, 6) is 4.14. The number of fused-ring (bicyclic) bond motifs is 4. The summed E-state index contributed by atoms with van der Waals surface area (Å²) < 4.78 is 39.7. The van der Waals surface area contributed by atoms with E-state index in [1.807, 2.05) is 176 Å². The first-order valence-electron chi connectivity index (χ1n) is 37.8. The van der Waals surface area contributed by atoms with Gasteiger partial charge in [-0.2, -0.15) is 0 Å². The van der Waals surface area contributed by atoms with Crippen LogP contribution in [0.25, 0.3) is 0 Å². The number of benzene rings is 7. The van der Waals surface area contributed by atoms with Crippen molar-refractivity contribution in [2.45, 2.75) is 169 Å². The van der Waals surface area contributed by atoms with Gasteiger partial charge in [0.25, 0.3) is 0 Å². The highest BCUT2D eigenvalue weighted by Gasteiger charge is 2.47. The molecule has 7 aromatic rings. The Labute approximate surface area is 609 Å². The predicted octanol–water partition coefficient (Wildman–Crippen LogP) is 17.0. The number of alkyl carbamates (subject to hydrolysis) is 3. The number of aliphatic hydroxyl groups is 1. The molecule has 0 radical (unpaired) electrons. The van der Waals surface area contributed by atoms with Gasteiger partial charge in [-0.05, 0) is 193 Å². The van der Waals surface area contributed by atoms with Gasteiger partial charge in [0.2, 0.25) is 0 Å². The fraction of sp³-hybridized carbons (Fsp3) is 0.460. The minimum Gasteiger partial charge on any atom is -0.482 e. The summed E-state index contributed by atoms with van der Waals surface area (Å²) in [4.78, 5) is 63.5. The molecule has 0 bridgehead atoms. The van der Waals surface area contributed by atoms with Gasteiger partial charge in [-0.25, -0.2) is 24.0 Å². The lowest BCUT2D eigenvalue weighted by atomic mass is 9.72. The molecule has 7 aromatic carbocycles. The highest BCUT2D eigenvalue weighted by Crippen LogP contribution is 2.53. The average molecular weight is 1400 g/mol. The largest absolute Gasteiger partial charge is 0.482 e. The molecule has 16 heteroatoms. The zero-order chi connectivity index (χ0) is 71.8. The Hall–Kier alpha value is -9.15. The van der Waals surface area contributed by atoms with E-state index in [2.05, 4.69) is 41.9 Å². The Morgan fingerprint density at radius 3 is 1.17 bits per heavy atom. The highest BCUT2D eigenvalue weighted by atomic mass is 16.6. The van der Waals surface area contributed by atoms with Crippen LogP contribution in [0.15, 0.2) is 188 Å². The monoisotopic (exact) mass is 1400 g/mol. The topological polar surface area (TPSA) is 206 Å². The molecule has 4 aliphatic rings. The van der Waals surface area contributed by atoms with E-state index in [1.165, 1.54) is 22.3 Å². The van der Waals surface area contributed by atoms with Crippen LogP contribution < -0.4 is 25.4 Å². The maximum Gasteiger partial charge on any atom is 0.407 e. The number of amides is 3. The van der Waals surface area contributed by atoms with Crippen molar-refractivity contribution in [3.8, 4) is 11.5 Å². The van der Waals surface area contributed by atoms with Crippen molar-refractivity contribution >= 4 is 30.2 Å². The number of nitrogens with one attached hydrogen (secondary N) is 3. The van der Waals surface area contributed by atoms with E-state index in [9.17, 15) is 29.1 Å². The van der Waals surface area contributed by atoms with E-state index in [4.69, 9.17) is 33.2 Å². The van der Waals surface area contributed by atoms with Crippen molar-refractivity contribution in [2.75, 3.05) is 32.8 Å². The minimum atomic E-state index is -0.402. The number of carbonyl (C=O) groups excluding carboxylic acids is 5. The summed E-state index contributed by atoms with van der Waals surface area (Å²) >= 11 is 0. The fourth-order valence-electron chi connectivity index (χ4n) is 16.2. The van der Waals surface area contributed by atoms with Crippen molar-refractivity contribution in [1.82, 2.24) is 16.0 Å². The molecular formula is C87H107N3O13. The van der Waals surface area contributed by atoms with E-state index in [1.54, 1.807) is 0 Å². The lowest BCUT2D eigenvalue weighted by molar-refractivity contribution is -0.148. The second-order valence-corrected chi connectivity index (χ2v) is 28.6. The molecule has 0 heterocycles. The summed E-state index contributed by atoms with van der Waals surface area (Å²) in [7, 11) is 0. The number of esters is 2. The third kappa shape index (κ3) is 24.5. The van der Waals surface area contributed by atoms with Crippen molar-refractivity contribution in [2.24, 2.45) is 53.3 Å². The third-order valence-electron chi connectivity index (χ3n) is 21.5. The molecule has 0 saturated heterocycles. The predicted molar refractivity (Wildman–Crippen MR) is 398 cm³/mol. The van der Waals surface area contributed by atoms with Gasteiger partial charge >= 0.3 is 30.2 Å². The molecule has 10 atom stereocenters. The molecule has 0 aromatic heterocycles. The van der Waals surface area contributed by atoms with Gasteiger partial charge in [-0.3, -0.25) is 0 Å². The standard InChI is InChI=1S/C48H58N2O7.C39H49NO6/c1-2-3-7-15-35(29-49-47(52)56-32-37-18-10-5-11-19-37)24-25-42-41(30-50-48(53)57-33-38-20-12-6-13-21-38)26-40-28-44-39(27-43(40)42)22-14-23-45(44)54-34-46(51)55-31-36-16-8-4-9-17-36;1-2-3-6-17-33(41)19-20-34-32(24-40-39(43)46-26-29-14-9-5-10-15-29)21-31-23-36-30(22-35(31)34)16-11-18-37(36)44-27-38(42)45-25-28-12-7-4-8-13-28/h4-6,8-14,16-23,35,40-43H,2-3,7,15,24-34H2,1H3,(H,49,52)(H,50,53);4-5,7-16,18,31-35,41H,2-3,6,17,19-27H2,1H3,(H,40,43)/t35-,40+,41-,42-,43-;31-,32+,33+,34+,35+/m01/s1. The van der Waals surface area contributed by atoms with E-state index in [0.717, 1.165) is 155 Å². The van der Waals surface area contributed by atoms with E-state index < -0.39 is 18.2 Å². The van der Waals surface area contributed by atoms with Crippen LogP contribution in [0.3, 0.4) is 0 Å². The Balaban J connectivity index is 0.000000227. The molecule has 4 N–H and O–H groups in total. The Morgan fingerprint density at radius 1 is 0.408 bits per heavy atom. The van der Waals surface area contributed by atoms with Crippen molar-refractivity contribution in [3.05, 3.63) is 238 Å². The van der Waals surface area contributed by atoms with Gasteiger partial charge in [-0.1, -0.05) is 228 Å². The van der Waals surface area contributed by atoms with Gasteiger partial charge in [0.1, 0.15) is 44.5 Å². The van der Waals surface area contributed by atoms with E-state index >= 15 is 0 Å². The molecule has 0 aliphatic heterocycles. The molecule has 0 spiro atoms. The van der Waals surface area contributed by atoms with Crippen LogP contribution in [0.5, 0.6) is 11.5 Å². The summed E-state index contributed by atoms with van der Waals surface area (Å²) in [6.45, 7) is 6.95. The second kappa shape index (κ2) is 41.2. The van der Waals surface area contributed by atoms with Gasteiger partial charge < -0.3 is 54.2 Å². The molecule has 548 valence electrons. The quantitative estimate of drug-likeness (QED) is 0.0164. The molecule has 4 aliphatic carbocycles. The van der Waals surface area contributed by atoms with Gasteiger partial charge in [0.15, 0.2) is 13.2 Å². The zero-order valence-corrected chi connectivity index (χ0v) is 60.3. The second-order valence-electron chi connectivity index (χ2n) is 28.6. The van der Waals surface area contributed by atoms with Crippen LogP contribution in [0, 0.1) is 53.3 Å². The lowest BCUT2D eigenvalue weighted by Crippen LogP contribution is -2.34. The fourth-order valence-corrected chi connectivity index (χ4v) is 16.2. The van der Waals surface area contributed by atoms with Crippen molar-refractivity contribution in [1.29, 1.82) is 0 Å². The molecule has 0 unspecified atom stereocenters. The van der Waals surface area contributed by atoms with Gasteiger partial charge in [0.05, 0.1) is 6.10 Å². The first-order valence-corrected chi connectivity index (χ1v) is 37.8. The average Bonchev–Trinajstić information content (AvgIpc) is 1.66. The molecule has 3 amide bonds. The SMILES string of the molecule is CCCCC[C@@H](CC[C@H]1[C@H](CNC(=O)OCc2ccccc2)C[C@@H]2Cc3c(cccc3OCC(=O)OCc3ccccc3)C[C@@H]21)CNC(=O)OCc1ccccc1.CCCCC[C@H](O)CC[C@H]1[C@H](CNC(=O)OCc2ccccc2)C[C@@H]2Cc3c(cccc3OCC(=O)OCc3ccccc3)C[C@@H]21. The number of hydrogen-bond acceptors (Lipinski definition) is 13. The summed E-state index contributed by atoms with van der Waals surface area (Å²) in [5, 5.41) is 20.0. The highest BCUT2D eigenvalue weighted by molar-refractivity contribution is 5.72. The number of unbranched alkanes of at least 4 members (excludes halogenated alkanes) is 4. The normalized spacial score (nSPS) is 19.6. The number of ether oxygens (including phenoxy) is 7. The number of aliphatic hydroxyl groups excluding tert-OH is 1. The Kier molecular flexibility index (Phi) is 30.6. The van der Waals surface area contributed by atoms with Crippen molar-refractivity contribution < 1.29 is 62.2 Å². The van der Waals surface area contributed by atoms with Crippen LogP contribution in [0.2, 0.25) is 0 Å². The lowest BCUT2D eigenvalue weighted by Gasteiger charge is -2.33. The third-order valence-corrected chi connectivity index (χ3v) is 21.5. The number of hydrogen-bond donors (Lipinski definition) is 4. The Bertz CT molecular complexity index is 3700. The molecule has 11 rings (SSSR count). The maximum absolute atomic E-state index is 12.9. The zero-order valence-electron chi connectivity index (χ0n) is 60.3. The van der Waals surface area contributed by atoms with Crippen LogP contribution in [0.1, 0.15) is 154 Å². The molecule has 2 fully saturated rings. The van der Waals surface area contributed by atoms with Gasteiger partial charge in [-0.15, -0.1) is 0 Å². The van der Waals surface area contributed by atoms with Crippen LogP contribution in [-0.2, 0) is 92.0 Å².